The number of thiophene rings is 1. The molecule has 2 aromatic heterocycles. The quantitative estimate of drug-likeness (QED) is 0.482. The van der Waals surface area contributed by atoms with Crippen molar-refractivity contribution in [2.45, 2.75) is 18.8 Å². The molecular formula is C22H22N2S. The average Bonchev–Trinajstić information content (AvgIpc) is 3.26. The van der Waals surface area contributed by atoms with Crippen LogP contribution in [-0.2, 0) is 0 Å². The number of aromatic amines is 1. The lowest BCUT2D eigenvalue weighted by atomic mass is 9.89. The van der Waals surface area contributed by atoms with E-state index >= 15 is 0 Å². The van der Waals surface area contributed by atoms with Gasteiger partial charge in [0.2, 0.25) is 0 Å². The summed E-state index contributed by atoms with van der Waals surface area (Å²) in [5, 5.41) is 2.75. The first-order valence-electron chi connectivity index (χ1n) is 9.06. The van der Waals surface area contributed by atoms with E-state index in [9.17, 15) is 0 Å². The monoisotopic (exact) mass is 346 g/mol. The lowest BCUT2D eigenvalue weighted by molar-refractivity contribution is 0.256. The van der Waals surface area contributed by atoms with Gasteiger partial charge in [-0.2, -0.15) is 0 Å². The van der Waals surface area contributed by atoms with Crippen molar-refractivity contribution in [2.24, 2.45) is 0 Å². The summed E-state index contributed by atoms with van der Waals surface area (Å²) < 4.78 is 1.36. The van der Waals surface area contributed by atoms with Crippen molar-refractivity contribution in [3.05, 3.63) is 60.3 Å². The Kier molecular flexibility index (Phi) is 3.65. The highest BCUT2D eigenvalue weighted by Gasteiger charge is 2.21. The van der Waals surface area contributed by atoms with Crippen molar-refractivity contribution < 1.29 is 0 Å². The number of aromatic nitrogens is 1. The third-order valence-corrected chi connectivity index (χ3v) is 6.75. The molecule has 0 aliphatic carbocycles. The molecule has 2 nitrogen and oxygen atoms in total. The highest BCUT2D eigenvalue weighted by molar-refractivity contribution is 7.22. The minimum atomic E-state index is 0.683. The molecule has 1 aliphatic rings. The Hall–Kier alpha value is -2.10. The molecule has 0 amide bonds. The van der Waals surface area contributed by atoms with E-state index in [-0.39, 0.29) is 0 Å². The third-order valence-electron chi connectivity index (χ3n) is 5.58. The van der Waals surface area contributed by atoms with Gasteiger partial charge >= 0.3 is 0 Å². The molecule has 1 N–H and O–H groups in total. The van der Waals surface area contributed by atoms with E-state index in [1.54, 1.807) is 0 Å². The van der Waals surface area contributed by atoms with E-state index < -0.39 is 0 Å². The summed E-state index contributed by atoms with van der Waals surface area (Å²) in [5.41, 5.74) is 4.10. The van der Waals surface area contributed by atoms with Gasteiger partial charge in [-0.05, 0) is 79.7 Å². The first-order chi connectivity index (χ1) is 12.3. The minimum absolute atomic E-state index is 0.683. The second-order valence-electron chi connectivity index (χ2n) is 7.23. The van der Waals surface area contributed by atoms with Gasteiger partial charge in [0.25, 0.3) is 0 Å². The molecule has 0 unspecified atom stereocenters. The second kappa shape index (κ2) is 6.01. The zero-order chi connectivity index (χ0) is 16.8. The molecule has 25 heavy (non-hydrogen) atoms. The van der Waals surface area contributed by atoms with E-state index in [1.165, 1.54) is 62.9 Å². The average molecular weight is 346 g/mol. The molecule has 1 saturated heterocycles. The SMILES string of the molecule is CN1CCC(c2c[nH]c3ccc(-c4cc5ccccc5s4)cc23)CC1. The number of H-pyrrole nitrogens is 1. The summed E-state index contributed by atoms with van der Waals surface area (Å²) in [5.74, 6) is 0.683. The Morgan fingerprint density at radius 2 is 1.88 bits per heavy atom. The van der Waals surface area contributed by atoms with Crippen LogP contribution in [0.4, 0.5) is 0 Å². The first-order valence-corrected chi connectivity index (χ1v) is 9.88. The van der Waals surface area contributed by atoms with E-state index in [0.717, 1.165) is 0 Å². The summed E-state index contributed by atoms with van der Waals surface area (Å²) >= 11 is 1.89. The highest BCUT2D eigenvalue weighted by Crippen LogP contribution is 2.38. The molecule has 4 aromatic rings. The maximum Gasteiger partial charge on any atom is 0.0457 e. The van der Waals surface area contributed by atoms with E-state index in [4.69, 9.17) is 0 Å². The summed E-state index contributed by atoms with van der Waals surface area (Å²) in [6, 6.07) is 17.9. The van der Waals surface area contributed by atoms with Gasteiger partial charge in [-0.25, -0.2) is 0 Å². The number of nitrogens with zero attached hydrogens (tertiary/aromatic N) is 1. The van der Waals surface area contributed by atoms with Crippen molar-refractivity contribution in [3.8, 4) is 10.4 Å². The fourth-order valence-electron chi connectivity index (χ4n) is 4.08. The van der Waals surface area contributed by atoms with Crippen LogP contribution in [0.25, 0.3) is 31.4 Å². The van der Waals surface area contributed by atoms with Crippen molar-refractivity contribution in [1.29, 1.82) is 0 Å². The van der Waals surface area contributed by atoms with Crippen LogP contribution < -0.4 is 0 Å². The number of rotatable bonds is 2. The topological polar surface area (TPSA) is 19.0 Å². The maximum absolute atomic E-state index is 3.49. The molecule has 2 aromatic carbocycles. The predicted molar refractivity (Wildman–Crippen MR) is 109 cm³/mol. The number of nitrogens with one attached hydrogen (secondary N) is 1. The molecule has 1 fully saturated rings. The molecule has 0 atom stereocenters. The van der Waals surface area contributed by atoms with Gasteiger partial charge in [-0.15, -0.1) is 11.3 Å². The molecule has 0 radical (unpaired) electrons. The van der Waals surface area contributed by atoms with Gasteiger partial charge in [0.15, 0.2) is 0 Å². The summed E-state index contributed by atoms with van der Waals surface area (Å²) in [6.45, 7) is 2.40. The molecule has 3 heterocycles. The number of hydrogen-bond acceptors (Lipinski definition) is 2. The normalized spacial score (nSPS) is 16.8. The summed E-state index contributed by atoms with van der Waals surface area (Å²) in [7, 11) is 2.23. The zero-order valence-electron chi connectivity index (χ0n) is 14.5. The lowest BCUT2D eigenvalue weighted by Gasteiger charge is -2.28. The zero-order valence-corrected chi connectivity index (χ0v) is 15.3. The maximum atomic E-state index is 3.49. The van der Waals surface area contributed by atoms with E-state index in [1.807, 2.05) is 11.3 Å². The molecular weight excluding hydrogens is 324 g/mol. The van der Waals surface area contributed by atoms with Crippen molar-refractivity contribution in [1.82, 2.24) is 9.88 Å². The summed E-state index contributed by atoms with van der Waals surface area (Å²) in [6.07, 6.45) is 4.77. The molecule has 1 aliphatic heterocycles. The van der Waals surface area contributed by atoms with Gasteiger partial charge in [0, 0.05) is 26.7 Å². The van der Waals surface area contributed by atoms with Crippen LogP contribution in [0, 0.1) is 0 Å². The van der Waals surface area contributed by atoms with Crippen molar-refractivity contribution in [2.75, 3.05) is 20.1 Å². The van der Waals surface area contributed by atoms with Crippen LogP contribution in [-0.4, -0.2) is 30.0 Å². The molecule has 3 heteroatoms. The number of benzene rings is 2. The fourth-order valence-corrected chi connectivity index (χ4v) is 5.14. The molecule has 0 saturated carbocycles. The largest absolute Gasteiger partial charge is 0.361 e. The number of likely N-dealkylation sites (tertiary alicyclic amines) is 1. The third kappa shape index (κ3) is 2.68. The Labute approximate surface area is 152 Å². The smallest absolute Gasteiger partial charge is 0.0457 e. The van der Waals surface area contributed by atoms with Gasteiger partial charge < -0.3 is 9.88 Å². The van der Waals surface area contributed by atoms with Crippen molar-refractivity contribution >= 4 is 32.3 Å². The van der Waals surface area contributed by atoms with Crippen LogP contribution in [0.15, 0.2) is 54.7 Å². The minimum Gasteiger partial charge on any atom is -0.361 e. The van der Waals surface area contributed by atoms with E-state index in [0.29, 0.717) is 5.92 Å². The van der Waals surface area contributed by atoms with Gasteiger partial charge in [-0.1, -0.05) is 24.3 Å². The number of piperidine rings is 1. The Bertz CT molecular complexity index is 1000. The fraction of sp³-hybridized carbons (Fsp3) is 0.273. The summed E-state index contributed by atoms with van der Waals surface area (Å²) in [4.78, 5) is 7.29. The van der Waals surface area contributed by atoms with Gasteiger partial charge in [0.1, 0.15) is 0 Å². The first kappa shape index (κ1) is 15.2. The van der Waals surface area contributed by atoms with E-state index in [2.05, 4.69) is 71.7 Å². The van der Waals surface area contributed by atoms with Gasteiger partial charge in [-0.3, -0.25) is 0 Å². The Morgan fingerprint density at radius 3 is 2.72 bits per heavy atom. The van der Waals surface area contributed by atoms with Crippen LogP contribution in [0.1, 0.15) is 24.3 Å². The molecule has 126 valence electrons. The molecule has 5 rings (SSSR count). The van der Waals surface area contributed by atoms with Crippen LogP contribution >= 0.6 is 11.3 Å². The second-order valence-corrected chi connectivity index (χ2v) is 8.31. The number of fused-ring (bicyclic) bond motifs is 2. The molecule has 0 spiro atoms. The van der Waals surface area contributed by atoms with Crippen molar-refractivity contribution in [3.63, 3.8) is 0 Å². The van der Waals surface area contributed by atoms with Crippen LogP contribution in [0.5, 0.6) is 0 Å². The predicted octanol–water partition coefficient (Wildman–Crippen LogP) is 5.86. The number of hydrogen-bond donors (Lipinski definition) is 1. The Morgan fingerprint density at radius 1 is 1.04 bits per heavy atom. The van der Waals surface area contributed by atoms with Crippen LogP contribution in [0.3, 0.4) is 0 Å². The standard InChI is InChI=1S/C22H22N2S/c1-24-10-8-15(9-11-24)19-14-23-20-7-6-17(12-18(19)20)22-13-16-4-2-3-5-21(16)25-22/h2-7,12-15,23H,8-11H2,1H3. The van der Waals surface area contributed by atoms with Crippen LogP contribution in [0.2, 0.25) is 0 Å². The lowest BCUT2D eigenvalue weighted by Crippen LogP contribution is -2.29. The highest BCUT2D eigenvalue weighted by atomic mass is 32.1. The van der Waals surface area contributed by atoms with Gasteiger partial charge in [0.05, 0.1) is 0 Å². The molecule has 0 bridgehead atoms. The Balaban J connectivity index is 1.57.